The number of halogens is 1. The highest BCUT2D eigenvalue weighted by atomic mass is 19.1. The minimum atomic E-state index is -0.945. The molecular formula is C13H19FN4O3. The summed E-state index contributed by atoms with van der Waals surface area (Å²) in [5.74, 6) is -0.944. The Morgan fingerprint density at radius 1 is 1.48 bits per heavy atom. The molecule has 116 valence electrons. The van der Waals surface area contributed by atoms with Crippen LogP contribution in [-0.4, -0.2) is 48.1 Å². The summed E-state index contributed by atoms with van der Waals surface area (Å²) >= 11 is 0. The van der Waals surface area contributed by atoms with Crippen LogP contribution in [0.25, 0.3) is 0 Å². The Kier molecular flexibility index (Phi) is 5.57. The topological polar surface area (TPSA) is 76.9 Å². The van der Waals surface area contributed by atoms with Crippen LogP contribution in [0.3, 0.4) is 0 Å². The van der Waals surface area contributed by atoms with Crippen LogP contribution in [0.15, 0.2) is 11.2 Å². The van der Waals surface area contributed by atoms with Crippen LogP contribution in [0, 0.1) is 11.2 Å². The lowest BCUT2D eigenvalue weighted by molar-refractivity contribution is 0.0659. The van der Waals surface area contributed by atoms with Crippen molar-refractivity contribution in [3.05, 3.63) is 12.0 Å². The molecule has 8 heteroatoms. The third kappa shape index (κ3) is 6.64. The molecular weight excluding hydrogens is 279 g/mol. The molecule has 0 spiro atoms. The summed E-state index contributed by atoms with van der Waals surface area (Å²) < 4.78 is 23.1. The number of aromatic nitrogens is 2. The molecule has 0 aromatic carbocycles. The zero-order chi connectivity index (χ0) is 16.0. The first-order valence-corrected chi connectivity index (χ1v) is 6.25. The van der Waals surface area contributed by atoms with E-state index in [-0.39, 0.29) is 23.9 Å². The molecule has 21 heavy (non-hydrogen) atoms. The number of hydrogen-bond donors (Lipinski definition) is 0. The molecule has 0 atom stereocenters. The van der Waals surface area contributed by atoms with Crippen LogP contribution in [0.2, 0.25) is 0 Å². The molecule has 0 saturated heterocycles. The number of ether oxygens (including phenoxy) is 2. The fourth-order valence-corrected chi connectivity index (χ4v) is 1.03. The highest BCUT2D eigenvalue weighted by Crippen LogP contribution is 2.17. The number of carbonyl (C=O) groups excluding carboxylic acids is 1. The second kappa shape index (κ2) is 6.96. The number of aliphatic imine (C=N–C) groups is 1. The van der Waals surface area contributed by atoms with Crippen LogP contribution >= 0.6 is 0 Å². The smallest absolute Gasteiger partial charge is 0.433 e. The van der Waals surface area contributed by atoms with E-state index < -0.39 is 12.0 Å². The molecule has 1 rings (SSSR count). The molecule has 0 aliphatic carbocycles. The van der Waals surface area contributed by atoms with Gasteiger partial charge in [0.25, 0.3) is 0 Å². The lowest BCUT2D eigenvalue weighted by atomic mass is 9.99. The third-order valence-corrected chi connectivity index (χ3v) is 1.91. The summed E-state index contributed by atoms with van der Waals surface area (Å²) in [6, 6.07) is -0.318. The van der Waals surface area contributed by atoms with Gasteiger partial charge in [0.2, 0.25) is 0 Å². The van der Waals surface area contributed by atoms with Crippen LogP contribution in [0.1, 0.15) is 20.8 Å². The van der Waals surface area contributed by atoms with Crippen molar-refractivity contribution < 1.29 is 18.7 Å². The quantitative estimate of drug-likeness (QED) is 0.482. The van der Waals surface area contributed by atoms with Crippen molar-refractivity contribution in [2.75, 3.05) is 20.7 Å². The first-order valence-electron chi connectivity index (χ1n) is 6.25. The first-order chi connectivity index (χ1) is 9.67. The van der Waals surface area contributed by atoms with Crippen LogP contribution in [-0.2, 0) is 4.74 Å². The predicted octanol–water partition coefficient (Wildman–Crippen LogP) is 2.40. The molecule has 0 saturated carbocycles. The van der Waals surface area contributed by atoms with E-state index in [4.69, 9.17) is 9.47 Å². The van der Waals surface area contributed by atoms with Gasteiger partial charge < -0.3 is 14.4 Å². The Balaban J connectivity index is 2.72. The van der Waals surface area contributed by atoms with E-state index >= 15 is 0 Å². The van der Waals surface area contributed by atoms with Gasteiger partial charge in [0, 0.05) is 14.1 Å². The highest BCUT2D eigenvalue weighted by Gasteiger charge is 2.16. The van der Waals surface area contributed by atoms with E-state index in [1.807, 2.05) is 20.8 Å². The van der Waals surface area contributed by atoms with E-state index in [2.05, 4.69) is 15.0 Å². The summed E-state index contributed by atoms with van der Waals surface area (Å²) in [6.45, 7) is 5.90. The normalized spacial score (nSPS) is 11.5. The predicted molar refractivity (Wildman–Crippen MR) is 75.3 cm³/mol. The van der Waals surface area contributed by atoms with E-state index in [0.717, 1.165) is 6.20 Å². The molecule has 0 aliphatic heterocycles. The van der Waals surface area contributed by atoms with Crippen LogP contribution in [0.5, 0.6) is 6.01 Å². The standard InChI is InChI=1S/C13H19FN4O3/c1-13(2,3)7-20-12(19)21-11-15-6-9(14)10(17-11)16-8-18(4)5/h6,8H,7H2,1-5H3/b16-8+. The average molecular weight is 298 g/mol. The van der Waals surface area contributed by atoms with Crippen molar-refractivity contribution in [1.29, 1.82) is 0 Å². The van der Waals surface area contributed by atoms with Crippen molar-refractivity contribution in [1.82, 2.24) is 14.9 Å². The molecule has 1 aromatic heterocycles. The number of hydrogen-bond acceptors (Lipinski definition) is 6. The second-order valence-corrected chi connectivity index (χ2v) is 5.73. The Morgan fingerprint density at radius 2 is 2.14 bits per heavy atom. The van der Waals surface area contributed by atoms with Crippen LogP contribution in [0.4, 0.5) is 15.0 Å². The molecule has 0 radical (unpaired) electrons. The van der Waals surface area contributed by atoms with Gasteiger partial charge in [-0.15, -0.1) is 0 Å². The van der Waals surface area contributed by atoms with E-state index in [1.54, 1.807) is 19.0 Å². The summed E-state index contributed by atoms with van der Waals surface area (Å²) in [4.78, 5) is 24.1. The lowest BCUT2D eigenvalue weighted by Crippen LogP contribution is -2.21. The largest absolute Gasteiger partial charge is 0.516 e. The van der Waals surface area contributed by atoms with Gasteiger partial charge >= 0.3 is 12.2 Å². The average Bonchev–Trinajstić information content (AvgIpc) is 2.36. The molecule has 1 aromatic rings. The first kappa shape index (κ1) is 16.8. The summed E-state index contributed by atoms with van der Waals surface area (Å²) in [5.41, 5.74) is -0.191. The van der Waals surface area contributed by atoms with Gasteiger partial charge in [0.05, 0.1) is 19.1 Å². The molecule has 0 N–H and O–H groups in total. The third-order valence-electron chi connectivity index (χ3n) is 1.91. The Hall–Kier alpha value is -2.25. The maximum atomic E-state index is 13.4. The Morgan fingerprint density at radius 3 is 2.71 bits per heavy atom. The van der Waals surface area contributed by atoms with Crippen molar-refractivity contribution in [3.8, 4) is 6.01 Å². The fourth-order valence-electron chi connectivity index (χ4n) is 1.03. The van der Waals surface area contributed by atoms with E-state index in [0.29, 0.717) is 0 Å². The van der Waals surface area contributed by atoms with Crippen molar-refractivity contribution in [2.24, 2.45) is 10.4 Å². The molecule has 0 aliphatic rings. The summed E-state index contributed by atoms with van der Waals surface area (Å²) in [7, 11) is 3.45. The van der Waals surface area contributed by atoms with Gasteiger partial charge in [-0.05, 0) is 5.41 Å². The monoisotopic (exact) mass is 298 g/mol. The minimum absolute atomic E-state index is 0.179. The van der Waals surface area contributed by atoms with Crippen molar-refractivity contribution >= 4 is 18.3 Å². The fraction of sp³-hybridized carbons (Fsp3) is 0.538. The Bertz CT molecular complexity index is 527. The zero-order valence-electron chi connectivity index (χ0n) is 12.8. The molecule has 0 fully saturated rings. The van der Waals surface area contributed by atoms with Gasteiger partial charge in [-0.25, -0.2) is 19.2 Å². The highest BCUT2D eigenvalue weighted by molar-refractivity contribution is 5.63. The van der Waals surface area contributed by atoms with E-state index in [9.17, 15) is 9.18 Å². The van der Waals surface area contributed by atoms with Crippen molar-refractivity contribution in [3.63, 3.8) is 0 Å². The molecule has 7 nitrogen and oxygen atoms in total. The number of rotatable bonds is 4. The molecule has 0 bridgehead atoms. The van der Waals surface area contributed by atoms with E-state index in [1.165, 1.54) is 6.34 Å². The second-order valence-electron chi connectivity index (χ2n) is 5.73. The van der Waals surface area contributed by atoms with Crippen LogP contribution < -0.4 is 4.74 Å². The Labute approximate surface area is 122 Å². The van der Waals surface area contributed by atoms with Gasteiger partial charge in [0.15, 0.2) is 11.6 Å². The molecule has 0 amide bonds. The zero-order valence-corrected chi connectivity index (χ0v) is 12.8. The van der Waals surface area contributed by atoms with Crippen molar-refractivity contribution in [2.45, 2.75) is 20.8 Å². The van der Waals surface area contributed by atoms with Gasteiger partial charge in [0.1, 0.15) is 0 Å². The van der Waals surface area contributed by atoms with Gasteiger partial charge in [-0.2, -0.15) is 4.98 Å². The maximum absolute atomic E-state index is 13.4. The number of carbonyl (C=O) groups is 1. The maximum Gasteiger partial charge on any atom is 0.516 e. The summed E-state index contributed by atoms with van der Waals surface area (Å²) in [5, 5.41) is 0. The minimum Gasteiger partial charge on any atom is -0.433 e. The SMILES string of the molecule is CN(C)/C=N/c1nc(OC(=O)OCC(C)(C)C)ncc1F. The van der Waals surface area contributed by atoms with Gasteiger partial charge in [-0.1, -0.05) is 20.8 Å². The molecule has 1 heterocycles. The number of nitrogens with zero attached hydrogens (tertiary/aromatic N) is 4. The summed E-state index contributed by atoms with van der Waals surface area (Å²) in [6.07, 6.45) is 1.30. The lowest BCUT2D eigenvalue weighted by Gasteiger charge is -2.16. The molecule has 0 unspecified atom stereocenters. The van der Waals surface area contributed by atoms with Gasteiger partial charge in [-0.3, -0.25) is 0 Å².